The van der Waals surface area contributed by atoms with E-state index in [1.54, 1.807) is 19.2 Å². The Morgan fingerprint density at radius 3 is 2.36 bits per heavy atom. The molecular formula is C17H28N2O3. The third-order valence-electron chi connectivity index (χ3n) is 3.79. The number of nitrogens with zero attached hydrogens (tertiary/aromatic N) is 1. The first kappa shape index (κ1) is 18.5. The van der Waals surface area contributed by atoms with Crippen LogP contribution in [-0.2, 0) is 4.79 Å². The van der Waals surface area contributed by atoms with E-state index in [9.17, 15) is 9.90 Å². The molecule has 22 heavy (non-hydrogen) atoms. The Hall–Kier alpha value is -1.59. The van der Waals surface area contributed by atoms with Crippen LogP contribution in [0.15, 0.2) is 24.3 Å². The van der Waals surface area contributed by atoms with E-state index >= 15 is 0 Å². The largest absolute Gasteiger partial charge is 0.497 e. The molecule has 0 aromatic heterocycles. The van der Waals surface area contributed by atoms with Crippen molar-refractivity contribution in [3.63, 3.8) is 0 Å². The lowest BCUT2D eigenvalue weighted by Gasteiger charge is -2.27. The summed E-state index contributed by atoms with van der Waals surface area (Å²) in [4.78, 5) is 14.2. The minimum atomic E-state index is -0.751. The summed E-state index contributed by atoms with van der Waals surface area (Å²) in [5.41, 5.74) is 0.755. The average molecular weight is 308 g/mol. The van der Waals surface area contributed by atoms with E-state index in [4.69, 9.17) is 4.74 Å². The van der Waals surface area contributed by atoms with Gasteiger partial charge in [-0.15, -0.1) is 0 Å². The highest BCUT2D eigenvalue weighted by Gasteiger charge is 2.24. The van der Waals surface area contributed by atoms with Gasteiger partial charge in [0.05, 0.1) is 25.3 Å². The van der Waals surface area contributed by atoms with E-state index < -0.39 is 6.10 Å². The first-order valence-corrected chi connectivity index (χ1v) is 7.69. The first-order chi connectivity index (χ1) is 10.4. The molecule has 3 unspecified atom stereocenters. The summed E-state index contributed by atoms with van der Waals surface area (Å²) in [5, 5.41) is 13.3. The van der Waals surface area contributed by atoms with Crippen LogP contribution in [-0.4, -0.2) is 49.2 Å². The number of nitrogens with one attached hydrogen (secondary N) is 1. The summed E-state index contributed by atoms with van der Waals surface area (Å²) in [5.74, 6) is 0.690. The molecule has 0 aliphatic heterocycles. The van der Waals surface area contributed by atoms with Crippen molar-refractivity contribution < 1.29 is 14.6 Å². The van der Waals surface area contributed by atoms with Crippen molar-refractivity contribution >= 4 is 5.91 Å². The van der Waals surface area contributed by atoms with Crippen LogP contribution in [0.1, 0.15) is 38.4 Å². The SMILES string of the molecule is CCCC(C(=O)NC(C)C(O)c1ccc(OC)cc1)N(C)C. The number of amides is 1. The fraction of sp³-hybridized carbons (Fsp3) is 0.588. The molecule has 0 bridgehead atoms. The summed E-state index contributed by atoms with van der Waals surface area (Å²) in [6, 6.07) is 6.68. The fourth-order valence-corrected chi connectivity index (χ4v) is 2.39. The summed E-state index contributed by atoms with van der Waals surface area (Å²) >= 11 is 0. The molecular weight excluding hydrogens is 280 g/mol. The monoisotopic (exact) mass is 308 g/mol. The molecule has 0 fully saturated rings. The van der Waals surface area contributed by atoms with Crippen LogP contribution >= 0.6 is 0 Å². The van der Waals surface area contributed by atoms with E-state index in [1.807, 2.05) is 38.1 Å². The molecule has 2 N–H and O–H groups in total. The molecule has 1 aromatic carbocycles. The van der Waals surface area contributed by atoms with Crippen molar-refractivity contribution in [3.05, 3.63) is 29.8 Å². The average Bonchev–Trinajstić information content (AvgIpc) is 2.51. The Kier molecular flexibility index (Phi) is 7.35. The molecule has 124 valence electrons. The third kappa shape index (κ3) is 5.00. The molecule has 0 heterocycles. The number of rotatable bonds is 8. The van der Waals surface area contributed by atoms with E-state index in [2.05, 4.69) is 12.2 Å². The zero-order chi connectivity index (χ0) is 16.7. The predicted octanol–water partition coefficient (Wildman–Crippen LogP) is 1.96. The van der Waals surface area contributed by atoms with Crippen molar-refractivity contribution in [2.24, 2.45) is 0 Å². The number of carbonyl (C=O) groups excluding carboxylic acids is 1. The van der Waals surface area contributed by atoms with Gasteiger partial charge in [-0.05, 0) is 45.1 Å². The Labute approximate surface area is 133 Å². The highest BCUT2D eigenvalue weighted by atomic mass is 16.5. The third-order valence-corrected chi connectivity index (χ3v) is 3.79. The number of ether oxygens (including phenoxy) is 1. The maximum absolute atomic E-state index is 12.3. The van der Waals surface area contributed by atoms with Crippen LogP contribution in [0, 0.1) is 0 Å². The van der Waals surface area contributed by atoms with E-state index in [-0.39, 0.29) is 18.0 Å². The van der Waals surface area contributed by atoms with Gasteiger partial charge in [-0.3, -0.25) is 9.69 Å². The van der Waals surface area contributed by atoms with Crippen LogP contribution in [0.3, 0.4) is 0 Å². The number of methoxy groups -OCH3 is 1. The quantitative estimate of drug-likeness (QED) is 0.771. The van der Waals surface area contributed by atoms with Gasteiger partial charge < -0.3 is 15.2 Å². The van der Waals surface area contributed by atoms with Gasteiger partial charge in [0.15, 0.2) is 0 Å². The van der Waals surface area contributed by atoms with E-state index in [0.717, 1.165) is 24.2 Å². The molecule has 0 radical (unpaired) electrons. The number of hydrogen-bond donors (Lipinski definition) is 2. The van der Waals surface area contributed by atoms with Crippen LogP contribution in [0.4, 0.5) is 0 Å². The first-order valence-electron chi connectivity index (χ1n) is 7.69. The molecule has 3 atom stereocenters. The lowest BCUT2D eigenvalue weighted by atomic mass is 10.0. The van der Waals surface area contributed by atoms with Gasteiger partial charge in [0.2, 0.25) is 5.91 Å². The number of aliphatic hydroxyl groups is 1. The molecule has 0 saturated carbocycles. The number of hydrogen-bond acceptors (Lipinski definition) is 4. The maximum atomic E-state index is 12.3. The van der Waals surface area contributed by atoms with Crippen LogP contribution in [0.25, 0.3) is 0 Å². The Balaban J connectivity index is 2.69. The second-order valence-electron chi connectivity index (χ2n) is 5.78. The van der Waals surface area contributed by atoms with Crippen molar-refractivity contribution in [2.45, 2.75) is 44.9 Å². The van der Waals surface area contributed by atoms with Gasteiger partial charge in [-0.2, -0.15) is 0 Å². The number of carbonyl (C=O) groups is 1. The minimum Gasteiger partial charge on any atom is -0.497 e. The van der Waals surface area contributed by atoms with Crippen molar-refractivity contribution in [2.75, 3.05) is 21.2 Å². The van der Waals surface area contributed by atoms with Gasteiger partial charge in [-0.25, -0.2) is 0 Å². The number of benzene rings is 1. The zero-order valence-electron chi connectivity index (χ0n) is 14.2. The molecule has 1 aromatic rings. The normalized spacial score (nSPS) is 15.2. The van der Waals surface area contributed by atoms with E-state index in [0.29, 0.717) is 0 Å². The Morgan fingerprint density at radius 1 is 1.32 bits per heavy atom. The van der Waals surface area contributed by atoms with Crippen molar-refractivity contribution in [1.82, 2.24) is 10.2 Å². The molecule has 0 aliphatic rings. The molecule has 5 nitrogen and oxygen atoms in total. The van der Waals surface area contributed by atoms with Crippen LogP contribution in [0.2, 0.25) is 0 Å². The zero-order valence-corrected chi connectivity index (χ0v) is 14.2. The Morgan fingerprint density at radius 2 is 1.91 bits per heavy atom. The molecule has 0 saturated heterocycles. The van der Waals surface area contributed by atoms with Crippen molar-refractivity contribution in [1.29, 1.82) is 0 Å². The molecule has 0 aliphatic carbocycles. The lowest BCUT2D eigenvalue weighted by molar-refractivity contribution is -0.127. The molecule has 0 spiro atoms. The predicted molar refractivity (Wildman–Crippen MR) is 87.9 cm³/mol. The topological polar surface area (TPSA) is 61.8 Å². The standard InChI is InChI=1S/C17H28N2O3/c1-6-7-15(19(3)4)17(21)18-12(2)16(20)13-8-10-14(22-5)11-9-13/h8-12,15-16,20H,6-7H2,1-5H3,(H,18,21). The van der Waals surface area contributed by atoms with Crippen LogP contribution in [0.5, 0.6) is 5.75 Å². The molecule has 1 rings (SSSR count). The fourth-order valence-electron chi connectivity index (χ4n) is 2.39. The summed E-state index contributed by atoms with van der Waals surface area (Å²) in [6.07, 6.45) is 0.981. The number of likely N-dealkylation sites (N-methyl/N-ethyl adjacent to an activating group) is 1. The minimum absolute atomic E-state index is 0.0492. The van der Waals surface area contributed by atoms with Gasteiger partial charge in [-0.1, -0.05) is 25.5 Å². The lowest BCUT2D eigenvalue weighted by Crippen LogP contribution is -2.48. The van der Waals surface area contributed by atoms with Crippen LogP contribution < -0.4 is 10.1 Å². The Bertz CT molecular complexity index is 459. The second kappa shape index (κ2) is 8.76. The number of aliphatic hydroxyl groups excluding tert-OH is 1. The van der Waals surface area contributed by atoms with Gasteiger partial charge >= 0.3 is 0 Å². The van der Waals surface area contributed by atoms with Gasteiger partial charge in [0.25, 0.3) is 0 Å². The van der Waals surface area contributed by atoms with Crippen molar-refractivity contribution in [3.8, 4) is 5.75 Å². The summed E-state index contributed by atoms with van der Waals surface area (Å²) in [7, 11) is 5.39. The maximum Gasteiger partial charge on any atom is 0.237 e. The van der Waals surface area contributed by atoms with E-state index in [1.165, 1.54) is 0 Å². The van der Waals surface area contributed by atoms with Gasteiger partial charge in [0.1, 0.15) is 5.75 Å². The summed E-state index contributed by atoms with van der Waals surface area (Å²) < 4.78 is 5.10. The summed E-state index contributed by atoms with van der Waals surface area (Å²) in [6.45, 7) is 3.87. The highest BCUT2D eigenvalue weighted by Crippen LogP contribution is 2.20. The second-order valence-corrected chi connectivity index (χ2v) is 5.78. The van der Waals surface area contributed by atoms with Gasteiger partial charge in [0, 0.05) is 0 Å². The highest BCUT2D eigenvalue weighted by molar-refractivity contribution is 5.82. The molecule has 1 amide bonds. The molecule has 5 heteroatoms. The smallest absolute Gasteiger partial charge is 0.237 e.